The van der Waals surface area contributed by atoms with E-state index in [0.29, 0.717) is 10.5 Å². The van der Waals surface area contributed by atoms with Gasteiger partial charge in [0, 0.05) is 0 Å². The van der Waals surface area contributed by atoms with Gasteiger partial charge < -0.3 is 0 Å². The number of aromatic nitrogens is 1. The van der Waals surface area contributed by atoms with Crippen LogP contribution in [-0.4, -0.2) is 33.0 Å². The van der Waals surface area contributed by atoms with Gasteiger partial charge >= 0.3 is 151 Å². The van der Waals surface area contributed by atoms with E-state index in [1.165, 1.54) is 15.8 Å². The third-order valence-corrected chi connectivity index (χ3v) is 6.13. The molecule has 122 valence electrons. The molecule has 3 aromatic rings. The minimum absolute atomic E-state index is 0.00878. The third-order valence-electron chi connectivity index (χ3n) is 3.25. The molecule has 24 heavy (non-hydrogen) atoms. The number of nitrogens with zero attached hydrogens (tertiary/aromatic N) is 1. The van der Waals surface area contributed by atoms with Crippen LogP contribution in [0.2, 0.25) is 5.32 Å². The summed E-state index contributed by atoms with van der Waals surface area (Å²) in [6.07, 6.45) is 0. The molecule has 2 aromatic carbocycles. The van der Waals surface area contributed by atoms with Crippen LogP contribution in [0.5, 0.6) is 5.75 Å². The van der Waals surface area contributed by atoms with E-state index in [4.69, 9.17) is 4.74 Å². The number of anilines is 1. The van der Waals surface area contributed by atoms with E-state index < -0.39 is 0 Å². The number of hydrogen-bond acceptors (Lipinski definition) is 4. The van der Waals surface area contributed by atoms with Crippen LogP contribution in [0.3, 0.4) is 0 Å². The van der Waals surface area contributed by atoms with Gasteiger partial charge in [0.1, 0.15) is 0 Å². The molecule has 3 rings (SSSR count). The normalized spacial score (nSPS) is 10.4. The Kier molecular flexibility index (Phi) is 5.64. The molecule has 0 aliphatic carbocycles. The van der Waals surface area contributed by atoms with Crippen molar-refractivity contribution in [1.82, 2.24) is 4.98 Å². The number of methoxy groups -OCH3 is 1. The molecule has 0 saturated heterocycles. The Balaban J connectivity index is 1.58. The fourth-order valence-electron chi connectivity index (χ4n) is 2.05. The fraction of sp³-hybridized carbons (Fsp3) is 0.111. The predicted octanol–water partition coefficient (Wildman–Crippen LogP) is 3.21. The average Bonchev–Trinajstić information content (AvgIpc) is 3.09. The van der Waals surface area contributed by atoms with E-state index >= 15 is 0 Å². The van der Waals surface area contributed by atoms with Crippen LogP contribution < -0.4 is 14.5 Å². The first-order valence-electron chi connectivity index (χ1n) is 7.32. The molecule has 6 heteroatoms. The Labute approximate surface area is 151 Å². The Bertz CT molecular complexity index is 803. The number of benzene rings is 2. The van der Waals surface area contributed by atoms with Crippen LogP contribution in [0.1, 0.15) is 0 Å². The molecule has 0 radical (unpaired) electrons. The van der Waals surface area contributed by atoms with Crippen LogP contribution >= 0.6 is 11.3 Å². The van der Waals surface area contributed by atoms with E-state index in [1.54, 1.807) is 7.11 Å². The van der Waals surface area contributed by atoms with E-state index in [1.807, 2.05) is 47.8 Å². The van der Waals surface area contributed by atoms with Crippen molar-refractivity contribution < 1.29 is 9.53 Å². The summed E-state index contributed by atoms with van der Waals surface area (Å²) in [5.41, 5.74) is 1.85. The second-order valence-electron chi connectivity index (χ2n) is 4.92. The van der Waals surface area contributed by atoms with Crippen molar-refractivity contribution in [1.29, 1.82) is 0 Å². The van der Waals surface area contributed by atoms with E-state index in [-0.39, 0.29) is 20.9 Å². The number of hydrogen-bond donors (Lipinski definition) is 1. The van der Waals surface area contributed by atoms with Gasteiger partial charge in [0.2, 0.25) is 0 Å². The monoisotopic (exact) mass is 404 g/mol. The zero-order chi connectivity index (χ0) is 16.8. The van der Waals surface area contributed by atoms with Crippen LogP contribution in [-0.2, 0) is 4.79 Å². The van der Waals surface area contributed by atoms with Gasteiger partial charge in [-0.25, -0.2) is 0 Å². The summed E-state index contributed by atoms with van der Waals surface area (Å²) < 4.78 is 6.37. The molecule has 0 atom stereocenters. The van der Waals surface area contributed by atoms with Gasteiger partial charge in [-0.05, 0) is 0 Å². The van der Waals surface area contributed by atoms with Crippen molar-refractivity contribution >= 4 is 41.8 Å². The molecule has 1 heterocycles. The molecule has 0 spiro atoms. The quantitative estimate of drug-likeness (QED) is 0.643. The molecule has 4 nitrogen and oxygen atoms in total. The second-order valence-corrected chi connectivity index (χ2v) is 7.97. The first kappa shape index (κ1) is 16.7. The van der Waals surface area contributed by atoms with Crippen molar-refractivity contribution in [2.24, 2.45) is 0 Å². The number of rotatable bonds is 6. The standard InChI is InChI=1S/C18H16N2O2SSe/c1-22-14-9-7-13(8-10-14)16-11-23-18(19-16)20-17(21)12-24-15-5-3-2-4-6-15/h2-11H,12H2,1H3,(H,19,20,21). The summed E-state index contributed by atoms with van der Waals surface area (Å²) >= 11 is 1.58. The molecule has 1 N–H and O–H groups in total. The van der Waals surface area contributed by atoms with E-state index in [0.717, 1.165) is 17.0 Å². The molecule has 0 bridgehead atoms. The molecule has 0 unspecified atom stereocenters. The summed E-state index contributed by atoms with van der Waals surface area (Å²) in [4.78, 5) is 16.6. The number of amides is 1. The number of carbonyl (C=O) groups is 1. The van der Waals surface area contributed by atoms with Crippen molar-refractivity contribution in [3.63, 3.8) is 0 Å². The van der Waals surface area contributed by atoms with Crippen molar-refractivity contribution in [3.05, 3.63) is 60.0 Å². The third kappa shape index (κ3) is 4.45. The molecular formula is C18H16N2O2SSe. The number of carbonyl (C=O) groups excluding carboxylic acids is 1. The van der Waals surface area contributed by atoms with Gasteiger partial charge in [0.25, 0.3) is 0 Å². The summed E-state index contributed by atoms with van der Waals surface area (Å²) in [7, 11) is 1.64. The van der Waals surface area contributed by atoms with Gasteiger partial charge in [-0.15, -0.1) is 0 Å². The first-order chi connectivity index (χ1) is 11.7. The fourth-order valence-corrected chi connectivity index (χ4v) is 4.29. The zero-order valence-corrected chi connectivity index (χ0v) is 15.6. The summed E-state index contributed by atoms with van der Waals surface area (Å²) in [6, 6.07) is 17.8. The SMILES string of the molecule is COc1ccc(-c2csc(NC(=O)C[Se]c3ccccc3)n2)cc1. The van der Waals surface area contributed by atoms with Gasteiger partial charge in [-0.1, -0.05) is 0 Å². The summed E-state index contributed by atoms with van der Waals surface area (Å²) in [6.45, 7) is 0. The van der Waals surface area contributed by atoms with Gasteiger partial charge in [-0.3, -0.25) is 0 Å². The Morgan fingerprint density at radius 2 is 1.92 bits per heavy atom. The zero-order valence-electron chi connectivity index (χ0n) is 13.1. The minimum atomic E-state index is 0.00878. The topological polar surface area (TPSA) is 51.2 Å². The van der Waals surface area contributed by atoms with Crippen molar-refractivity contribution in [2.75, 3.05) is 12.4 Å². The molecule has 0 saturated carbocycles. The Morgan fingerprint density at radius 3 is 2.62 bits per heavy atom. The molecule has 0 aliphatic rings. The van der Waals surface area contributed by atoms with Crippen molar-refractivity contribution in [2.45, 2.75) is 5.32 Å². The Hall–Kier alpha value is -2.14. The molecular weight excluding hydrogens is 387 g/mol. The van der Waals surface area contributed by atoms with Gasteiger partial charge in [0.15, 0.2) is 0 Å². The predicted molar refractivity (Wildman–Crippen MR) is 99.4 cm³/mol. The van der Waals surface area contributed by atoms with Crippen LogP contribution in [0, 0.1) is 0 Å². The average molecular weight is 403 g/mol. The van der Waals surface area contributed by atoms with Crippen LogP contribution in [0.25, 0.3) is 11.3 Å². The number of ether oxygens (including phenoxy) is 1. The van der Waals surface area contributed by atoms with Gasteiger partial charge in [0.05, 0.1) is 0 Å². The summed E-state index contributed by atoms with van der Waals surface area (Å²) in [5.74, 6) is 0.820. The maximum atomic E-state index is 12.1. The Morgan fingerprint density at radius 1 is 1.17 bits per heavy atom. The second kappa shape index (κ2) is 8.11. The van der Waals surface area contributed by atoms with Gasteiger partial charge in [-0.2, -0.15) is 0 Å². The molecule has 1 amide bonds. The van der Waals surface area contributed by atoms with E-state index in [2.05, 4.69) is 22.4 Å². The first-order valence-corrected chi connectivity index (χ1v) is 10.3. The summed E-state index contributed by atoms with van der Waals surface area (Å²) in [5, 5.41) is 5.97. The van der Waals surface area contributed by atoms with Crippen LogP contribution in [0.4, 0.5) is 5.13 Å². The molecule has 1 aromatic heterocycles. The van der Waals surface area contributed by atoms with Crippen molar-refractivity contribution in [3.8, 4) is 17.0 Å². The maximum absolute atomic E-state index is 12.1. The molecule has 0 fully saturated rings. The molecule has 0 aliphatic heterocycles. The van der Waals surface area contributed by atoms with Crippen LogP contribution in [0.15, 0.2) is 60.0 Å². The number of thiazole rings is 1. The number of nitrogens with one attached hydrogen (secondary N) is 1. The van der Waals surface area contributed by atoms with E-state index in [9.17, 15) is 4.79 Å².